The van der Waals surface area contributed by atoms with Crippen LogP contribution in [0.25, 0.3) is 0 Å². The largest absolute Gasteiger partial charge is 0.310 e. The normalized spacial score (nSPS) is 12.4. The fraction of sp³-hybridized carbons (Fsp3) is 0.294. The second kappa shape index (κ2) is 7.52. The van der Waals surface area contributed by atoms with E-state index in [1.54, 1.807) is 0 Å². The van der Waals surface area contributed by atoms with E-state index in [1.807, 2.05) is 18.2 Å². The highest BCUT2D eigenvalue weighted by molar-refractivity contribution is 9.10. The average Bonchev–Trinajstić information content (AvgIpc) is 2.41. The molecule has 0 aliphatic carbocycles. The van der Waals surface area contributed by atoms with E-state index in [0.717, 1.165) is 21.1 Å². The molecule has 0 heterocycles. The molecule has 0 saturated heterocycles. The van der Waals surface area contributed by atoms with Crippen LogP contribution in [0.3, 0.4) is 0 Å². The Balaban J connectivity index is 2.30. The van der Waals surface area contributed by atoms with Crippen molar-refractivity contribution in [2.75, 3.05) is 6.54 Å². The first-order chi connectivity index (χ1) is 10.0. The molecule has 112 valence electrons. The molecule has 0 radical (unpaired) electrons. The van der Waals surface area contributed by atoms with Crippen molar-refractivity contribution in [1.29, 1.82) is 0 Å². The molecule has 1 N–H and O–H groups in total. The fourth-order valence-electron chi connectivity index (χ4n) is 2.48. The molecule has 1 nitrogen and oxygen atoms in total. The summed E-state index contributed by atoms with van der Waals surface area (Å²) in [5, 5.41) is 3.46. The Kier molecular flexibility index (Phi) is 5.97. The van der Waals surface area contributed by atoms with Gasteiger partial charge in [-0.2, -0.15) is 0 Å². The smallest absolute Gasteiger partial charge is 0.127 e. The van der Waals surface area contributed by atoms with Gasteiger partial charge in [-0.3, -0.25) is 0 Å². The monoisotopic (exact) mass is 413 g/mol. The first-order valence-electron chi connectivity index (χ1n) is 6.94. The highest BCUT2D eigenvalue weighted by atomic mass is 79.9. The van der Waals surface area contributed by atoms with E-state index >= 15 is 0 Å². The molecule has 0 spiro atoms. The molecule has 0 aliphatic rings. The van der Waals surface area contributed by atoms with Gasteiger partial charge in [0.05, 0.1) is 0 Å². The van der Waals surface area contributed by atoms with Crippen molar-refractivity contribution in [3.05, 3.63) is 67.9 Å². The van der Waals surface area contributed by atoms with Gasteiger partial charge in [0.25, 0.3) is 0 Å². The number of hydrogen-bond donors (Lipinski definition) is 1. The third-order valence-corrected chi connectivity index (χ3v) is 4.48. The minimum absolute atomic E-state index is 0.110. The van der Waals surface area contributed by atoms with E-state index in [-0.39, 0.29) is 11.9 Å². The fourth-order valence-corrected chi connectivity index (χ4v) is 3.28. The molecule has 0 saturated carbocycles. The zero-order valence-corrected chi connectivity index (χ0v) is 15.3. The molecule has 2 aromatic carbocycles. The molecule has 0 aromatic heterocycles. The van der Waals surface area contributed by atoms with Crippen LogP contribution < -0.4 is 5.32 Å². The lowest BCUT2D eigenvalue weighted by Gasteiger charge is -2.21. The van der Waals surface area contributed by atoms with Gasteiger partial charge in [0.1, 0.15) is 5.82 Å². The minimum Gasteiger partial charge on any atom is -0.310 e. The summed E-state index contributed by atoms with van der Waals surface area (Å²) < 4.78 is 15.9. The first kappa shape index (κ1) is 16.7. The summed E-state index contributed by atoms with van der Waals surface area (Å²) in [7, 11) is 0. The van der Waals surface area contributed by atoms with Gasteiger partial charge in [0.2, 0.25) is 0 Å². The summed E-state index contributed by atoms with van der Waals surface area (Å²) in [4.78, 5) is 0. The molecule has 4 heteroatoms. The number of aryl methyl sites for hydroxylation is 1. The van der Waals surface area contributed by atoms with Crippen molar-refractivity contribution < 1.29 is 4.39 Å². The van der Waals surface area contributed by atoms with Gasteiger partial charge in [-0.05, 0) is 60.8 Å². The second-order valence-corrected chi connectivity index (χ2v) is 6.88. The van der Waals surface area contributed by atoms with Gasteiger partial charge in [-0.15, -0.1) is 0 Å². The average molecular weight is 415 g/mol. The van der Waals surface area contributed by atoms with Crippen molar-refractivity contribution in [3.63, 3.8) is 0 Å². The van der Waals surface area contributed by atoms with Gasteiger partial charge in [0, 0.05) is 15.0 Å². The number of benzene rings is 2. The van der Waals surface area contributed by atoms with Gasteiger partial charge in [-0.1, -0.05) is 50.9 Å². The SMILES string of the molecule is CCNC(Cc1ccc(Br)cc1F)c1ccc(Br)cc1C. The number of hydrogen-bond acceptors (Lipinski definition) is 1. The lowest BCUT2D eigenvalue weighted by Crippen LogP contribution is -2.24. The molecule has 1 atom stereocenters. The Morgan fingerprint density at radius 3 is 2.38 bits per heavy atom. The standard InChI is InChI=1S/C17H18Br2FN/c1-3-21-17(15-7-6-13(18)8-11(15)2)9-12-4-5-14(19)10-16(12)20/h4-8,10,17,21H,3,9H2,1-2H3. The molecule has 0 aliphatic heterocycles. The first-order valence-corrected chi connectivity index (χ1v) is 8.53. The van der Waals surface area contributed by atoms with Crippen LogP contribution in [-0.4, -0.2) is 6.54 Å². The molecule has 1 unspecified atom stereocenters. The van der Waals surface area contributed by atoms with Gasteiger partial charge in [0.15, 0.2) is 0 Å². The maximum absolute atomic E-state index is 14.1. The summed E-state index contributed by atoms with van der Waals surface area (Å²) in [6, 6.07) is 11.6. The predicted octanol–water partition coefficient (Wildman–Crippen LogP) is 5.55. The summed E-state index contributed by atoms with van der Waals surface area (Å²) in [6.07, 6.45) is 0.634. The van der Waals surface area contributed by atoms with Gasteiger partial charge < -0.3 is 5.32 Å². The highest BCUT2D eigenvalue weighted by Crippen LogP contribution is 2.26. The third-order valence-electron chi connectivity index (χ3n) is 3.50. The Morgan fingerprint density at radius 1 is 1.10 bits per heavy atom. The summed E-state index contributed by atoms with van der Waals surface area (Å²) in [5.41, 5.74) is 3.14. The molecule has 0 fully saturated rings. The van der Waals surface area contributed by atoms with Crippen LogP contribution in [-0.2, 0) is 6.42 Å². The zero-order valence-electron chi connectivity index (χ0n) is 12.1. The van der Waals surface area contributed by atoms with Crippen molar-refractivity contribution in [1.82, 2.24) is 5.32 Å². The maximum atomic E-state index is 14.1. The van der Waals surface area contributed by atoms with E-state index in [2.05, 4.69) is 63.2 Å². The van der Waals surface area contributed by atoms with Crippen LogP contribution >= 0.6 is 31.9 Å². The van der Waals surface area contributed by atoms with Crippen molar-refractivity contribution in [2.45, 2.75) is 26.3 Å². The Morgan fingerprint density at radius 2 is 1.76 bits per heavy atom. The van der Waals surface area contributed by atoms with Crippen molar-refractivity contribution in [2.24, 2.45) is 0 Å². The van der Waals surface area contributed by atoms with Crippen LogP contribution in [0.15, 0.2) is 45.3 Å². The van der Waals surface area contributed by atoms with E-state index in [0.29, 0.717) is 6.42 Å². The third kappa shape index (κ3) is 4.38. The maximum Gasteiger partial charge on any atom is 0.127 e. The van der Waals surface area contributed by atoms with E-state index in [4.69, 9.17) is 0 Å². The lowest BCUT2D eigenvalue weighted by molar-refractivity contribution is 0.526. The van der Waals surface area contributed by atoms with Crippen LogP contribution in [0, 0.1) is 12.7 Å². The zero-order chi connectivity index (χ0) is 15.4. The molecule has 21 heavy (non-hydrogen) atoms. The molecule has 2 rings (SSSR count). The topological polar surface area (TPSA) is 12.0 Å². The van der Waals surface area contributed by atoms with E-state index in [1.165, 1.54) is 17.2 Å². The minimum atomic E-state index is -0.165. The lowest BCUT2D eigenvalue weighted by atomic mass is 9.95. The second-order valence-electron chi connectivity index (χ2n) is 5.05. The molecule has 0 bridgehead atoms. The summed E-state index contributed by atoms with van der Waals surface area (Å²) in [5.74, 6) is -0.165. The molecule has 0 amide bonds. The Labute approximate surface area is 142 Å². The molecular formula is C17H18Br2FN. The van der Waals surface area contributed by atoms with E-state index < -0.39 is 0 Å². The van der Waals surface area contributed by atoms with Crippen LogP contribution in [0.2, 0.25) is 0 Å². The number of nitrogens with one attached hydrogen (secondary N) is 1. The van der Waals surface area contributed by atoms with Crippen LogP contribution in [0.5, 0.6) is 0 Å². The quantitative estimate of drug-likeness (QED) is 0.675. The van der Waals surface area contributed by atoms with Crippen LogP contribution in [0.4, 0.5) is 4.39 Å². The summed E-state index contributed by atoms with van der Waals surface area (Å²) in [6.45, 7) is 5.00. The predicted molar refractivity (Wildman–Crippen MR) is 93.1 cm³/mol. The number of likely N-dealkylation sites (N-methyl/N-ethyl adjacent to an activating group) is 1. The van der Waals surface area contributed by atoms with Crippen molar-refractivity contribution >= 4 is 31.9 Å². The number of halogens is 3. The van der Waals surface area contributed by atoms with Crippen molar-refractivity contribution in [3.8, 4) is 0 Å². The van der Waals surface area contributed by atoms with Gasteiger partial charge >= 0.3 is 0 Å². The molecular weight excluding hydrogens is 397 g/mol. The Bertz CT molecular complexity index is 628. The molecule has 2 aromatic rings. The highest BCUT2D eigenvalue weighted by Gasteiger charge is 2.16. The summed E-state index contributed by atoms with van der Waals surface area (Å²) >= 11 is 6.78. The number of rotatable bonds is 5. The van der Waals surface area contributed by atoms with Crippen LogP contribution in [0.1, 0.15) is 29.7 Å². The Hall–Kier alpha value is -0.710. The van der Waals surface area contributed by atoms with E-state index in [9.17, 15) is 4.39 Å². The van der Waals surface area contributed by atoms with Gasteiger partial charge in [-0.25, -0.2) is 4.39 Å².